The van der Waals surface area contributed by atoms with E-state index in [1.807, 2.05) is 41.8 Å². The van der Waals surface area contributed by atoms with Crippen molar-refractivity contribution in [2.75, 3.05) is 26.0 Å². The molecule has 0 spiro atoms. The quantitative estimate of drug-likeness (QED) is 0.206. The van der Waals surface area contributed by atoms with Crippen molar-refractivity contribution >= 4 is 50.6 Å². The minimum absolute atomic E-state index is 0.0922. The molecule has 1 atom stereocenters. The third-order valence-corrected chi connectivity index (χ3v) is 11.6. The molecule has 1 aliphatic heterocycles. The molecule has 12 nitrogen and oxygen atoms in total. The highest BCUT2D eigenvalue weighted by Crippen LogP contribution is 2.35. The number of aromatic nitrogens is 3. The van der Waals surface area contributed by atoms with E-state index in [-0.39, 0.29) is 35.0 Å². The van der Waals surface area contributed by atoms with Crippen LogP contribution in [0, 0.1) is 0 Å². The lowest BCUT2D eigenvalue weighted by Crippen LogP contribution is -2.30. The number of rotatable bonds is 13. The minimum atomic E-state index is -3.61. The van der Waals surface area contributed by atoms with E-state index in [2.05, 4.69) is 15.5 Å². The predicted octanol–water partition coefficient (Wildman–Crippen LogP) is 4.32. The zero-order valence-corrected chi connectivity index (χ0v) is 28.4. The van der Waals surface area contributed by atoms with Gasteiger partial charge in [0.05, 0.1) is 40.9 Å². The summed E-state index contributed by atoms with van der Waals surface area (Å²) in [5.74, 6) is 0.788. The van der Waals surface area contributed by atoms with Crippen LogP contribution in [0.3, 0.4) is 0 Å². The zero-order chi connectivity index (χ0) is 32.8. The number of methoxy groups -OCH3 is 1. The molecule has 2 amide bonds. The van der Waals surface area contributed by atoms with Crippen molar-refractivity contribution in [1.82, 2.24) is 29.4 Å². The number of thiophene rings is 1. The van der Waals surface area contributed by atoms with Crippen molar-refractivity contribution in [3.63, 3.8) is 0 Å². The maximum atomic E-state index is 13.5. The third kappa shape index (κ3) is 7.17. The van der Waals surface area contributed by atoms with Crippen molar-refractivity contribution in [3.05, 3.63) is 87.9 Å². The molecule has 0 saturated heterocycles. The van der Waals surface area contributed by atoms with Crippen LogP contribution in [0.25, 0.3) is 0 Å². The summed E-state index contributed by atoms with van der Waals surface area (Å²) in [4.78, 5) is 27.5. The predicted molar refractivity (Wildman–Crippen MR) is 177 cm³/mol. The molecule has 1 N–H and O–H groups in total. The Hall–Kier alpha value is -4.05. The molecule has 1 aliphatic rings. The molecule has 0 bridgehead atoms. The number of hydrogen-bond donors (Lipinski definition) is 1. The number of nitrogens with one attached hydrogen (secondary N) is 1. The first-order valence-electron chi connectivity index (χ1n) is 14.6. The monoisotopic (exact) mass is 681 g/mol. The van der Waals surface area contributed by atoms with Crippen molar-refractivity contribution in [2.45, 2.75) is 42.9 Å². The standard InChI is InChI=1S/C31H35N7O5S3/c1-5-37(6-2)46(41,42)24-15-11-22(12-16-24)30(40)32-19-28-33-34-31(36(28)3)45-20-29(39)38-26(21-9-13-23(43-4)14-10-21)18-25(35-38)27-8-7-17-44-27/h7-17,26H,5-6,18-20H2,1-4H3,(H,32,40)/t26-/m1/s1. The number of amides is 2. The van der Waals surface area contributed by atoms with Gasteiger partial charge in [0.1, 0.15) is 5.75 Å². The zero-order valence-electron chi connectivity index (χ0n) is 25.9. The van der Waals surface area contributed by atoms with Crippen molar-refractivity contribution in [1.29, 1.82) is 0 Å². The largest absolute Gasteiger partial charge is 0.497 e. The third-order valence-electron chi connectivity index (χ3n) is 7.59. The van der Waals surface area contributed by atoms with Crippen LogP contribution < -0.4 is 10.1 Å². The van der Waals surface area contributed by atoms with Gasteiger partial charge in [0.15, 0.2) is 11.0 Å². The molecule has 242 valence electrons. The fourth-order valence-electron chi connectivity index (χ4n) is 4.99. The average molecular weight is 682 g/mol. The summed E-state index contributed by atoms with van der Waals surface area (Å²) >= 11 is 2.83. The van der Waals surface area contributed by atoms with Crippen LogP contribution in [0.2, 0.25) is 0 Å². The molecule has 0 unspecified atom stereocenters. The van der Waals surface area contributed by atoms with Gasteiger partial charge in [0.2, 0.25) is 10.0 Å². The first-order chi connectivity index (χ1) is 22.2. The smallest absolute Gasteiger partial charge is 0.253 e. The van der Waals surface area contributed by atoms with E-state index >= 15 is 0 Å². The van der Waals surface area contributed by atoms with E-state index in [4.69, 9.17) is 9.84 Å². The second-order valence-corrected chi connectivity index (χ2v) is 14.1. The molecule has 46 heavy (non-hydrogen) atoms. The van der Waals surface area contributed by atoms with Crippen LogP contribution in [-0.4, -0.2) is 76.0 Å². The van der Waals surface area contributed by atoms with E-state index in [1.165, 1.54) is 40.3 Å². The molecule has 0 aliphatic carbocycles. The lowest BCUT2D eigenvalue weighted by atomic mass is 10.0. The number of nitrogens with zero attached hydrogens (tertiary/aromatic N) is 6. The number of carbonyl (C=O) groups is 2. The Labute approximate surface area is 276 Å². The van der Waals surface area contributed by atoms with Crippen LogP contribution in [0.5, 0.6) is 5.75 Å². The molecular weight excluding hydrogens is 647 g/mol. The van der Waals surface area contributed by atoms with Gasteiger partial charge in [-0.25, -0.2) is 13.4 Å². The van der Waals surface area contributed by atoms with Gasteiger partial charge in [-0.2, -0.15) is 9.41 Å². The summed E-state index contributed by atoms with van der Waals surface area (Å²) in [6.45, 7) is 4.37. The molecule has 4 aromatic rings. The number of ether oxygens (including phenoxy) is 1. The second kappa shape index (κ2) is 14.6. The first kappa shape index (κ1) is 33.3. The van der Waals surface area contributed by atoms with Gasteiger partial charge < -0.3 is 14.6 Å². The molecule has 0 fully saturated rings. The minimum Gasteiger partial charge on any atom is -0.497 e. The lowest BCUT2D eigenvalue weighted by molar-refractivity contribution is -0.130. The van der Waals surface area contributed by atoms with Gasteiger partial charge in [-0.05, 0) is 53.4 Å². The Morgan fingerprint density at radius 1 is 1.07 bits per heavy atom. The van der Waals surface area contributed by atoms with Gasteiger partial charge in [-0.15, -0.1) is 21.5 Å². The molecule has 3 heterocycles. The summed E-state index contributed by atoms with van der Waals surface area (Å²) in [5, 5.41) is 20.0. The summed E-state index contributed by atoms with van der Waals surface area (Å²) < 4.78 is 33.9. The van der Waals surface area contributed by atoms with Gasteiger partial charge >= 0.3 is 0 Å². The Bertz CT molecular complexity index is 1800. The highest BCUT2D eigenvalue weighted by atomic mass is 32.2. The SMILES string of the molecule is CCN(CC)S(=O)(=O)c1ccc(C(=O)NCc2nnc(SCC(=O)N3N=C(c4cccs4)C[C@@H]3c3ccc(OC)cc3)n2C)cc1. The molecule has 2 aromatic heterocycles. The molecule has 15 heteroatoms. The lowest BCUT2D eigenvalue weighted by Gasteiger charge is -2.22. The fourth-order valence-corrected chi connectivity index (χ4v) is 7.95. The topological polar surface area (TPSA) is 139 Å². The summed E-state index contributed by atoms with van der Waals surface area (Å²) in [5.41, 5.74) is 2.15. The van der Waals surface area contributed by atoms with Crippen LogP contribution in [-0.2, 0) is 28.4 Å². The Kier molecular flexibility index (Phi) is 10.6. The van der Waals surface area contributed by atoms with Gasteiger partial charge in [0.25, 0.3) is 11.8 Å². The number of hydrogen-bond acceptors (Lipinski definition) is 10. The van der Waals surface area contributed by atoms with Crippen LogP contribution in [0.4, 0.5) is 0 Å². The molecular formula is C31H35N7O5S3. The van der Waals surface area contributed by atoms with E-state index < -0.39 is 10.0 Å². The van der Waals surface area contributed by atoms with E-state index in [1.54, 1.807) is 48.9 Å². The number of hydrazone groups is 1. The Morgan fingerprint density at radius 3 is 2.41 bits per heavy atom. The van der Waals surface area contributed by atoms with Crippen LogP contribution in [0.15, 0.2) is 81.2 Å². The van der Waals surface area contributed by atoms with Gasteiger partial charge in [-0.1, -0.05) is 43.8 Å². The van der Waals surface area contributed by atoms with E-state index in [0.717, 1.165) is 21.9 Å². The summed E-state index contributed by atoms with van der Waals surface area (Å²) in [7, 11) is -0.229. The molecule has 2 aromatic carbocycles. The summed E-state index contributed by atoms with van der Waals surface area (Å²) in [6, 6.07) is 17.2. The van der Waals surface area contributed by atoms with Crippen molar-refractivity contribution in [3.8, 4) is 5.75 Å². The van der Waals surface area contributed by atoms with Crippen molar-refractivity contribution in [2.24, 2.45) is 12.1 Å². The number of sulfonamides is 1. The maximum Gasteiger partial charge on any atom is 0.253 e. The molecule has 5 rings (SSSR count). The average Bonchev–Trinajstić information content (AvgIpc) is 3.84. The van der Waals surface area contributed by atoms with E-state index in [0.29, 0.717) is 36.1 Å². The van der Waals surface area contributed by atoms with Crippen LogP contribution in [0.1, 0.15) is 52.9 Å². The normalized spacial score (nSPS) is 14.8. The number of carbonyl (C=O) groups excluding carboxylic acids is 2. The molecule has 0 saturated carbocycles. The number of benzene rings is 2. The highest BCUT2D eigenvalue weighted by Gasteiger charge is 2.33. The second-order valence-electron chi connectivity index (χ2n) is 10.3. The highest BCUT2D eigenvalue weighted by molar-refractivity contribution is 7.99. The summed E-state index contributed by atoms with van der Waals surface area (Å²) in [6.07, 6.45) is 0.603. The van der Waals surface area contributed by atoms with Crippen LogP contribution >= 0.6 is 23.1 Å². The van der Waals surface area contributed by atoms with Gasteiger partial charge in [0, 0.05) is 32.1 Å². The van der Waals surface area contributed by atoms with Crippen molar-refractivity contribution < 1.29 is 22.7 Å². The Morgan fingerprint density at radius 2 is 1.78 bits per heavy atom. The Balaban J connectivity index is 1.21. The maximum absolute atomic E-state index is 13.5. The molecule has 0 radical (unpaired) electrons. The fraction of sp³-hybridized carbons (Fsp3) is 0.323. The van der Waals surface area contributed by atoms with Gasteiger partial charge in [-0.3, -0.25) is 9.59 Å². The van der Waals surface area contributed by atoms with E-state index in [9.17, 15) is 18.0 Å². The first-order valence-corrected chi connectivity index (χ1v) is 17.9. The number of thioether (sulfide) groups is 1.